The van der Waals surface area contributed by atoms with Crippen LogP contribution in [0.5, 0.6) is 0 Å². The van der Waals surface area contributed by atoms with E-state index in [9.17, 15) is 15.0 Å². The van der Waals surface area contributed by atoms with Gasteiger partial charge in [-0.2, -0.15) is 0 Å². The van der Waals surface area contributed by atoms with E-state index in [0.29, 0.717) is 24.3 Å². The van der Waals surface area contributed by atoms with Crippen LogP contribution in [0.4, 0.5) is 0 Å². The average Bonchev–Trinajstić information content (AvgIpc) is 2.63. The Hall–Kier alpha value is -0.870. The first kappa shape index (κ1) is 17.2. The molecule has 0 aromatic rings. The number of rotatable bonds is 2. The minimum atomic E-state index is -0.354. The molecule has 1 spiro atoms. The molecule has 1 saturated heterocycles. The number of carbonyl (C=O) groups excluding carboxylic acids is 1. The molecule has 6 rings (SSSR count). The summed E-state index contributed by atoms with van der Waals surface area (Å²) in [5.74, 6) is 1.68. The second kappa shape index (κ2) is 5.35. The lowest BCUT2D eigenvalue weighted by atomic mass is 9.35. The molecule has 0 aromatic carbocycles. The summed E-state index contributed by atoms with van der Waals surface area (Å²) in [5, 5.41) is 20.7. The second-order valence-electron chi connectivity index (χ2n) is 10.3. The highest BCUT2D eigenvalue weighted by Gasteiger charge is 2.71. The Balaban J connectivity index is 1.62. The van der Waals surface area contributed by atoms with Gasteiger partial charge in [-0.1, -0.05) is 19.9 Å². The molecule has 6 aliphatic rings. The number of aliphatic hydroxyl groups excluding tert-OH is 2. The maximum Gasteiger partial charge on any atom is 0.228 e. The number of likely N-dealkylation sites (tertiary alicyclic amines) is 1. The Kier molecular flexibility index (Phi) is 3.55. The first-order chi connectivity index (χ1) is 12.4. The van der Waals surface area contributed by atoms with Gasteiger partial charge >= 0.3 is 0 Å². The number of hydrogen-bond acceptors (Lipinski definition) is 3. The molecule has 2 N–H and O–H groups in total. The van der Waals surface area contributed by atoms with Gasteiger partial charge in [-0.3, -0.25) is 4.79 Å². The van der Waals surface area contributed by atoms with Crippen LogP contribution in [0.15, 0.2) is 12.2 Å². The van der Waals surface area contributed by atoms with Gasteiger partial charge < -0.3 is 15.1 Å². The molecule has 26 heavy (non-hydrogen) atoms. The van der Waals surface area contributed by atoms with E-state index >= 15 is 0 Å². The van der Waals surface area contributed by atoms with Crippen LogP contribution in [0.25, 0.3) is 0 Å². The van der Waals surface area contributed by atoms with Crippen molar-refractivity contribution in [2.75, 3.05) is 19.7 Å². The van der Waals surface area contributed by atoms with Gasteiger partial charge in [-0.15, -0.1) is 0 Å². The van der Waals surface area contributed by atoms with Crippen molar-refractivity contribution in [1.82, 2.24) is 4.90 Å². The highest BCUT2D eigenvalue weighted by atomic mass is 16.3. The van der Waals surface area contributed by atoms with Crippen LogP contribution >= 0.6 is 0 Å². The summed E-state index contributed by atoms with van der Waals surface area (Å²) in [6.07, 6.45) is 8.53. The van der Waals surface area contributed by atoms with Gasteiger partial charge in [0.2, 0.25) is 5.91 Å². The molecule has 4 heteroatoms. The zero-order valence-corrected chi connectivity index (χ0v) is 16.0. The Morgan fingerprint density at radius 1 is 1.15 bits per heavy atom. The quantitative estimate of drug-likeness (QED) is 0.745. The first-order valence-corrected chi connectivity index (χ1v) is 10.7. The molecule has 0 aromatic heterocycles. The molecule has 144 valence electrons. The van der Waals surface area contributed by atoms with E-state index < -0.39 is 0 Å². The van der Waals surface area contributed by atoms with E-state index in [0.717, 1.165) is 50.6 Å². The van der Waals surface area contributed by atoms with Gasteiger partial charge in [0, 0.05) is 23.9 Å². The molecule has 7 atom stereocenters. The zero-order valence-electron chi connectivity index (χ0n) is 16.0. The molecule has 1 heterocycles. The predicted molar refractivity (Wildman–Crippen MR) is 99.2 cm³/mol. The van der Waals surface area contributed by atoms with Crippen molar-refractivity contribution in [3.05, 3.63) is 12.2 Å². The van der Waals surface area contributed by atoms with E-state index in [1.54, 1.807) is 0 Å². The van der Waals surface area contributed by atoms with Gasteiger partial charge in [0.15, 0.2) is 0 Å². The molecule has 5 aliphatic carbocycles. The monoisotopic (exact) mass is 359 g/mol. The largest absolute Gasteiger partial charge is 0.395 e. The van der Waals surface area contributed by atoms with Crippen LogP contribution in [0.1, 0.15) is 58.3 Å². The fraction of sp³-hybridized carbons (Fsp3) is 0.864. The van der Waals surface area contributed by atoms with Crippen LogP contribution in [-0.2, 0) is 4.79 Å². The van der Waals surface area contributed by atoms with Gasteiger partial charge in [0.05, 0.1) is 12.7 Å². The molecule has 1 amide bonds. The molecule has 4 nitrogen and oxygen atoms in total. The van der Waals surface area contributed by atoms with Crippen molar-refractivity contribution in [3.8, 4) is 0 Å². The van der Waals surface area contributed by atoms with Crippen molar-refractivity contribution < 1.29 is 15.0 Å². The highest BCUT2D eigenvalue weighted by Crippen LogP contribution is 2.73. The smallest absolute Gasteiger partial charge is 0.228 e. The number of aliphatic hydroxyl groups is 2. The summed E-state index contributed by atoms with van der Waals surface area (Å²) in [6, 6.07) is 0. The number of fused-ring (bicyclic) bond motifs is 2. The minimum absolute atomic E-state index is 0.00808. The molecule has 4 bridgehead atoms. The average molecular weight is 360 g/mol. The van der Waals surface area contributed by atoms with E-state index in [1.165, 1.54) is 12.8 Å². The highest BCUT2D eigenvalue weighted by molar-refractivity contribution is 5.84. The standard InChI is InChI=1S/C22H33NO3/c1-14-15-4-8-21(18(14)25)9-5-16-20(2)6-3-7-22(16,17(21)12-15)13-23(10-11-24)19(20)26/h15-18,24-25H,1,3-13H2,2H3/t15-,16+,17+,18+,20+,21-,22-/m0/s1. The molecule has 5 saturated carbocycles. The van der Waals surface area contributed by atoms with Crippen molar-refractivity contribution >= 4 is 5.91 Å². The third-order valence-corrected chi connectivity index (χ3v) is 9.62. The van der Waals surface area contributed by atoms with Crippen LogP contribution in [0.2, 0.25) is 0 Å². The van der Waals surface area contributed by atoms with Crippen molar-refractivity contribution in [2.24, 2.45) is 34.0 Å². The van der Waals surface area contributed by atoms with E-state index in [2.05, 4.69) is 13.5 Å². The minimum Gasteiger partial charge on any atom is -0.395 e. The Morgan fingerprint density at radius 3 is 2.69 bits per heavy atom. The third-order valence-electron chi connectivity index (χ3n) is 9.62. The lowest BCUT2D eigenvalue weighted by Gasteiger charge is -2.72. The number of hydrogen-bond donors (Lipinski definition) is 2. The maximum atomic E-state index is 13.3. The van der Waals surface area contributed by atoms with Crippen LogP contribution in [0.3, 0.4) is 0 Å². The topological polar surface area (TPSA) is 60.8 Å². The second-order valence-corrected chi connectivity index (χ2v) is 10.3. The first-order valence-electron chi connectivity index (χ1n) is 10.7. The van der Waals surface area contributed by atoms with Crippen LogP contribution < -0.4 is 0 Å². The summed E-state index contributed by atoms with van der Waals surface area (Å²) in [4.78, 5) is 15.3. The predicted octanol–water partition coefficient (Wildman–Crippen LogP) is 2.74. The van der Waals surface area contributed by atoms with Gasteiger partial charge in [0.1, 0.15) is 0 Å². The maximum absolute atomic E-state index is 13.3. The Morgan fingerprint density at radius 2 is 1.92 bits per heavy atom. The van der Waals surface area contributed by atoms with E-state index in [1.807, 2.05) is 4.90 Å². The molecule has 0 radical (unpaired) electrons. The van der Waals surface area contributed by atoms with Crippen LogP contribution in [-0.4, -0.2) is 46.8 Å². The molecule has 0 unspecified atom stereocenters. The number of nitrogens with zero attached hydrogens (tertiary/aromatic N) is 1. The van der Waals surface area contributed by atoms with Gasteiger partial charge in [0.25, 0.3) is 0 Å². The van der Waals surface area contributed by atoms with E-state index in [-0.39, 0.29) is 34.9 Å². The Labute approximate surface area is 156 Å². The van der Waals surface area contributed by atoms with Crippen molar-refractivity contribution in [3.63, 3.8) is 0 Å². The summed E-state index contributed by atoms with van der Waals surface area (Å²) < 4.78 is 0. The normalized spacial score (nSPS) is 52.7. The van der Waals surface area contributed by atoms with Gasteiger partial charge in [-0.05, 0) is 73.7 Å². The number of amides is 1. The number of piperidine rings is 1. The summed E-state index contributed by atoms with van der Waals surface area (Å²) in [7, 11) is 0. The third kappa shape index (κ3) is 1.81. The van der Waals surface area contributed by atoms with E-state index in [4.69, 9.17) is 0 Å². The lowest BCUT2D eigenvalue weighted by molar-refractivity contribution is -0.237. The fourth-order valence-corrected chi connectivity index (χ4v) is 8.60. The molecular weight excluding hydrogens is 326 g/mol. The summed E-state index contributed by atoms with van der Waals surface area (Å²) >= 11 is 0. The Bertz CT molecular complexity index is 662. The fourth-order valence-electron chi connectivity index (χ4n) is 8.60. The molecule has 6 fully saturated rings. The zero-order chi connectivity index (χ0) is 18.3. The summed E-state index contributed by atoms with van der Waals surface area (Å²) in [5.41, 5.74) is 0.937. The number of carbonyl (C=O) groups is 1. The molecular formula is C22H33NO3. The number of β-amino-alcohol motifs (C(OH)–C–C–N with tert-alkyl or cyclic N) is 1. The summed E-state index contributed by atoms with van der Waals surface area (Å²) in [6.45, 7) is 7.77. The van der Waals surface area contributed by atoms with Crippen molar-refractivity contribution in [2.45, 2.75) is 64.4 Å². The van der Waals surface area contributed by atoms with Crippen LogP contribution in [0, 0.1) is 34.0 Å². The SMILES string of the molecule is C=C1[C@H]2CC[C@@]3(CC[C@H]4[C@@]5(CCC[C@@]4(C)C(=O)N(CCO)C5)[C@@H]3C2)[C@@H]1O. The van der Waals surface area contributed by atoms with Gasteiger partial charge in [-0.25, -0.2) is 0 Å². The molecule has 1 aliphatic heterocycles. The van der Waals surface area contributed by atoms with Crippen molar-refractivity contribution in [1.29, 1.82) is 0 Å². The lowest BCUT2D eigenvalue weighted by Crippen LogP contribution is -2.72.